The lowest BCUT2D eigenvalue weighted by molar-refractivity contribution is 0.169. The molecule has 4 heteroatoms. The molecule has 0 bridgehead atoms. The molecule has 0 saturated carbocycles. The normalized spacial score (nSPS) is 16.7. The molecule has 2 aromatic carbocycles. The van der Waals surface area contributed by atoms with Crippen LogP contribution in [-0.4, -0.2) is 19.8 Å². The smallest absolute Gasteiger partial charge is 0.126 e. The molecule has 0 radical (unpaired) electrons. The van der Waals surface area contributed by atoms with Crippen molar-refractivity contribution in [3.05, 3.63) is 58.6 Å². The van der Waals surface area contributed by atoms with Crippen LogP contribution in [0.3, 0.4) is 0 Å². The maximum atomic E-state index is 6.07. The van der Waals surface area contributed by atoms with Crippen molar-refractivity contribution < 1.29 is 9.47 Å². The third kappa shape index (κ3) is 3.73. The predicted octanol–water partition coefficient (Wildman–Crippen LogP) is 3.83. The molecular weight excluding hydrogens is 298 g/mol. The number of methoxy groups -OCH3 is 1. The van der Waals surface area contributed by atoms with Crippen molar-refractivity contribution in [1.82, 2.24) is 5.32 Å². The minimum absolute atomic E-state index is 0.201. The number of hydrogen-bond acceptors (Lipinski definition) is 3. The van der Waals surface area contributed by atoms with Gasteiger partial charge >= 0.3 is 0 Å². The van der Waals surface area contributed by atoms with Crippen molar-refractivity contribution in [2.24, 2.45) is 0 Å². The van der Waals surface area contributed by atoms with E-state index in [0.717, 1.165) is 42.5 Å². The van der Waals surface area contributed by atoms with Gasteiger partial charge in [-0.05, 0) is 42.2 Å². The molecule has 3 nitrogen and oxygen atoms in total. The fraction of sp³-hybridized carbons (Fsp3) is 0.333. The zero-order valence-electron chi connectivity index (χ0n) is 12.6. The Morgan fingerprint density at radius 2 is 2.05 bits per heavy atom. The Hall–Kier alpha value is -1.71. The van der Waals surface area contributed by atoms with Crippen LogP contribution in [0.5, 0.6) is 11.5 Å². The summed E-state index contributed by atoms with van der Waals surface area (Å²) in [4.78, 5) is 0. The summed E-state index contributed by atoms with van der Waals surface area (Å²) < 4.78 is 11.3. The monoisotopic (exact) mass is 317 g/mol. The zero-order valence-corrected chi connectivity index (χ0v) is 13.4. The Kier molecular flexibility index (Phi) is 4.86. The topological polar surface area (TPSA) is 30.5 Å². The molecule has 0 fully saturated rings. The Bertz CT molecular complexity index is 627. The van der Waals surface area contributed by atoms with Gasteiger partial charge in [0.05, 0.1) is 7.11 Å². The summed E-state index contributed by atoms with van der Waals surface area (Å²) in [5.74, 6) is 1.79. The van der Waals surface area contributed by atoms with Gasteiger partial charge in [0.15, 0.2) is 0 Å². The van der Waals surface area contributed by atoms with Crippen molar-refractivity contribution in [2.45, 2.75) is 25.5 Å². The van der Waals surface area contributed by atoms with Gasteiger partial charge in [-0.25, -0.2) is 0 Å². The second-order valence-corrected chi connectivity index (χ2v) is 5.95. The van der Waals surface area contributed by atoms with E-state index in [1.807, 2.05) is 36.4 Å². The molecule has 0 amide bonds. The maximum absolute atomic E-state index is 6.07. The fourth-order valence-corrected chi connectivity index (χ4v) is 2.78. The Morgan fingerprint density at radius 1 is 1.23 bits per heavy atom. The first kappa shape index (κ1) is 15.2. The van der Waals surface area contributed by atoms with Crippen molar-refractivity contribution in [2.75, 3.05) is 13.7 Å². The van der Waals surface area contributed by atoms with Crippen LogP contribution in [0.25, 0.3) is 0 Å². The van der Waals surface area contributed by atoms with Gasteiger partial charge in [-0.15, -0.1) is 0 Å². The summed E-state index contributed by atoms with van der Waals surface area (Å²) in [6.45, 7) is 1.65. The summed E-state index contributed by atoms with van der Waals surface area (Å²) in [6.07, 6.45) is 2.28. The number of halogens is 1. The Balaban J connectivity index is 1.52. The van der Waals surface area contributed by atoms with Gasteiger partial charge in [-0.1, -0.05) is 29.8 Å². The van der Waals surface area contributed by atoms with Gasteiger partial charge in [-0.3, -0.25) is 0 Å². The molecule has 1 atom stereocenters. The van der Waals surface area contributed by atoms with E-state index in [2.05, 4.69) is 11.4 Å². The lowest BCUT2D eigenvalue weighted by Crippen LogP contribution is -2.33. The third-order valence-corrected chi connectivity index (χ3v) is 4.17. The molecule has 22 heavy (non-hydrogen) atoms. The highest BCUT2D eigenvalue weighted by molar-refractivity contribution is 6.30. The molecule has 0 spiro atoms. The number of fused-ring (bicyclic) bond motifs is 1. The van der Waals surface area contributed by atoms with Crippen molar-refractivity contribution >= 4 is 11.6 Å². The number of nitrogens with one attached hydrogen (secondary N) is 1. The molecule has 3 rings (SSSR count). The van der Waals surface area contributed by atoms with E-state index >= 15 is 0 Å². The third-order valence-electron chi connectivity index (χ3n) is 3.92. The molecule has 1 N–H and O–H groups in total. The van der Waals surface area contributed by atoms with Gasteiger partial charge in [0, 0.05) is 24.2 Å². The summed E-state index contributed by atoms with van der Waals surface area (Å²) in [7, 11) is 1.68. The fourth-order valence-electron chi connectivity index (χ4n) is 2.66. The summed E-state index contributed by atoms with van der Waals surface area (Å²) in [5, 5.41) is 4.22. The predicted molar refractivity (Wildman–Crippen MR) is 88.9 cm³/mol. The summed E-state index contributed by atoms with van der Waals surface area (Å²) in [5.41, 5.74) is 2.48. The van der Waals surface area contributed by atoms with Gasteiger partial charge in [-0.2, -0.15) is 0 Å². The molecule has 1 aliphatic rings. The molecule has 0 aromatic heterocycles. The van der Waals surface area contributed by atoms with Gasteiger partial charge in [0.1, 0.15) is 17.6 Å². The Labute approximate surface area is 136 Å². The number of ether oxygens (including phenoxy) is 2. The molecule has 2 aromatic rings. The van der Waals surface area contributed by atoms with Gasteiger partial charge in [0.2, 0.25) is 0 Å². The lowest BCUT2D eigenvalue weighted by Gasteiger charge is -2.26. The largest absolute Gasteiger partial charge is 0.497 e. The molecule has 0 saturated heterocycles. The average Bonchev–Trinajstić information content (AvgIpc) is 2.56. The molecular formula is C18H20ClNO2. The quantitative estimate of drug-likeness (QED) is 0.909. The zero-order chi connectivity index (χ0) is 15.4. The summed E-state index contributed by atoms with van der Waals surface area (Å²) >= 11 is 5.89. The SMILES string of the molecule is COc1ccc2c(c1)O[C@@H](CNCc1ccc(Cl)cc1)CC2. The van der Waals surface area contributed by atoms with Crippen LogP contribution in [-0.2, 0) is 13.0 Å². The van der Waals surface area contributed by atoms with Crippen LogP contribution >= 0.6 is 11.6 Å². The number of aryl methyl sites for hydroxylation is 1. The van der Waals surface area contributed by atoms with E-state index < -0.39 is 0 Å². The highest BCUT2D eigenvalue weighted by Gasteiger charge is 2.19. The Morgan fingerprint density at radius 3 is 2.82 bits per heavy atom. The van der Waals surface area contributed by atoms with Crippen molar-refractivity contribution in [1.29, 1.82) is 0 Å². The van der Waals surface area contributed by atoms with Crippen LogP contribution in [0.1, 0.15) is 17.5 Å². The molecule has 1 heterocycles. The number of rotatable bonds is 5. The van der Waals surface area contributed by atoms with E-state index in [1.165, 1.54) is 11.1 Å². The first-order valence-corrected chi connectivity index (χ1v) is 7.91. The van der Waals surface area contributed by atoms with Gasteiger partial charge in [0.25, 0.3) is 0 Å². The van der Waals surface area contributed by atoms with Crippen LogP contribution in [0, 0.1) is 0 Å². The van der Waals surface area contributed by atoms with Crippen LogP contribution in [0.15, 0.2) is 42.5 Å². The molecule has 116 valence electrons. The van der Waals surface area contributed by atoms with Crippen molar-refractivity contribution in [3.8, 4) is 11.5 Å². The van der Waals surface area contributed by atoms with Crippen LogP contribution in [0.2, 0.25) is 5.02 Å². The van der Waals surface area contributed by atoms with Crippen LogP contribution < -0.4 is 14.8 Å². The first-order valence-electron chi connectivity index (χ1n) is 7.53. The van der Waals surface area contributed by atoms with E-state index in [4.69, 9.17) is 21.1 Å². The minimum Gasteiger partial charge on any atom is -0.497 e. The standard InChI is InChI=1S/C18H20ClNO2/c1-21-16-8-4-14-5-9-17(22-18(14)10-16)12-20-11-13-2-6-15(19)7-3-13/h2-4,6-8,10,17,20H,5,9,11-12H2,1H3/t17-/m1/s1. The van der Waals surface area contributed by atoms with E-state index in [0.29, 0.717) is 0 Å². The van der Waals surface area contributed by atoms with Crippen molar-refractivity contribution in [3.63, 3.8) is 0 Å². The minimum atomic E-state index is 0.201. The van der Waals surface area contributed by atoms with E-state index in [-0.39, 0.29) is 6.10 Å². The second kappa shape index (κ2) is 7.03. The molecule has 0 aliphatic carbocycles. The highest BCUT2D eigenvalue weighted by Crippen LogP contribution is 2.31. The van der Waals surface area contributed by atoms with E-state index in [9.17, 15) is 0 Å². The van der Waals surface area contributed by atoms with Gasteiger partial charge < -0.3 is 14.8 Å². The highest BCUT2D eigenvalue weighted by atomic mass is 35.5. The lowest BCUT2D eigenvalue weighted by atomic mass is 10.0. The maximum Gasteiger partial charge on any atom is 0.126 e. The molecule has 0 unspecified atom stereocenters. The second-order valence-electron chi connectivity index (χ2n) is 5.51. The van der Waals surface area contributed by atoms with Crippen LogP contribution in [0.4, 0.5) is 0 Å². The number of benzene rings is 2. The first-order chi connectivity index (χ1) is 10.7. The average molecular weight is 318 g/mol. The summed E-state index contributed by atoms with van der Waals surface area (Å²) in [6, 6.07) is 14.0. The molecule has 1 aliphatic heterocycles. The van der Waals surface area contributed by atoms with E-state index in [1.54, 1.807) is 7.11 Å². The number of hydrogen-bond donors (Lipinski definition) is 1.